The summed E-state index contributed by atoms with van der Waals surface area (Å²) in [6, 6.07) is 0. The molecule has 1 aliphatic carbocycles. The third-order valence-corrected chi connectivity index (χ3v) is 4.41. The van der Waals surface area contributed by atoms with Gasteiger partial charge in [0.15, 0.2) is 0 Å². The fourth-order valence-corrected chi connectivity index (χ4v) is 3.30. The number of hydrogen-bond donors (Lipinski definition) is 2. The summed E-state index contributed by atoms with van der Waals surface area (Å²) in [6.07, 6.45) is 4.12. The smallest absolute Gasteiger partial charge is 0.142 e. The lowest BCUT2D eigenvalue weighted by Crippen LogP contribution is -2.35. The van der Waals surface area contributed by atoms with Gasteiger partial charge >= 0.3 is 0 Å². The molecule has 4 nitrogen and oxygen atoms in total. The molecule has 2 heterocycles. The van der Waals surface area contributed by atoms with E-state index in [9.17, 15) is 5.11 Å². The first-order valence-electron chi connectivity index (χ1n) is 5.93. The number of nitrogen functional groups attached to an aromatic ring is 1. The van der Waals surface area contributed by atoms with Crippen LogP contribution in [0.2, 0.25) is 0 Å². The minimum atomic E-state index is -0.120. The fraction of sp³-hybridized carbons (Fsp3) is 0.727. The minimum Gasteiger partial charge on any atom is -0.393 e. The van der Waals surface area contributed by atoms with Gasteiger partial charge in [0.2, 0.25) is 0 Å². The van der Waals surface area contributed by atoms with Crippen molar-refractivity contribution in [1.29, 1.82) is 0 Å². The molecule has 3 N–H and O–H groups in total. The number of aliphatic hydroxyl groups excluding tert-OH is 1. The molecular weight excluding hydrogens is 222 g/mol. The van der Waals surface area contributed by atoms with Crippen LogP contribution < -0.4 is 10.6 Å². The van der Waals surface area contributed by atoms with Crippen LogP contribution in [0.3, 0.4) is 0 Å². The molecular formula is C11H17N3OS. The molecule has 1 saturated heterocycles. The molecule has 1 aromatic rings. The van der Waals surface area contributed by atoms with Gasteiger partial charge in [0, 0.05) is 18.7 Å². The highest BCUT2D eigenvalue weighted by Crippen LogP contribution is 2.49. The number of nitrogens with zero attached hydrogens (tertiary/aromatic N) is 2. The van der Waals surface area contributed by atoms with Gasteiger partial charge in [-0.15, -0.1) is 0 Å². The second kappa shape index (κ2) is 3.89. The number of rotatable bonds is 2. The maximum absolute atomic E-state index is 9.51. The first-order chi connectivity index (χ1) is 7.75. The van der Waals surface area contributed by atoms with Gasteiger partial charge in [0.25, 0.3) is 0 Å². The summed E-state index contributed by atoms with van der Waals surface area (Å²) in [6.45, 7) is 1.87. The van der Waals surface area contributed by atoms with Gasteiger partial charge in [0.05, 0.1) is 6.10 Å². The zero-order valence-corrected chi connectivity index (χ0v) is 10.0. The van der Waals surface area contributed by atoms with Crippen molar-refractivity contribution in [2.24, 2.45) is 0 Å². The Labute approximate surface area is 99.2 Å². The predicted molar refractivity (Wildman–Crippen MR) is 66.0 cm³/mol. The number of piperidine rings is 1. The van der Waals surface area contributed by atoms with Crippen LogP contribution in [0, 0.1) is 0 Å². The van der Waals surface area contributed by atoms with Crippen molar-refractivity contribution in [2.45, 2.75) is 37.7 Å². The summed E-state index contributed by atoms with van der Waals surface area (Å²) < 4.78 is 4.29. The summed E-state index contributed by atoms with van der Waals surface area (Å²) in [4.78, 5) is 2.34. The van der Waals surface area contributed by atoms with Crippen LogP contribution in [0.15, 0.2) is 0 Å². The highest BCUT2D eigenvalue weighted by Gasteiger charge is 2.33. The fourth-order valence-electron chi connectivity index (χ4n) is 2.35. The Hall–Kier alpha value is -0.810. The van der Waals surface area contributed by atoms with E-state index in [1.54, 1.807) is 0 Å². The highest BCUT2D eigenvalue weighted by atomic mass is 32.1. The van der Waals surface area contributed by atoms with E-state index in [2.05, 4.69) is 9.27 Å². The molecule has 1 aliphatic heterocycles. The van der Waals surface area contributed by atoms with Crippen molar-refractivity contribution in [3.63, 3.8) is 0 Å². The van der Waals surface area contributed by atoms with Crippen molar-refractivity contribution in [3.8, 4) is 0 Å². The molecule has 3 rings (SSSR count). The van der Waals surface area contributed by atoms with Crippen LogP contribution in [-0.2, 0) is 0 Å². The number of aromatic nitrogens is 1. The molecule has 1 saturated carbocycles. The average molecular weight is 239 g/mol. The third kappa shape index (κ3) is 1.78. The quantitative estimate of drug-likeness (QED) is 0.822. The van der Waals surface area contributed by atoms with Gasteiger partial charge in [-0.2, -0.15) is 4.37 Å². The molecule has 0 aromatic carbocycles. The minimum absolute atomic E-state index is 0.120. The third-order valence-electron chi connectivity index (χ3n) is 3.47. The van der Waals surface area contributed by atoms with E-state index >= 15 is 0 Å². The lowest BCUT2D eigenvalue weighted by molar-refractivity contribution is 0.145. The van der Waals surface area contributed by atoms with E-state index < -0.39 is 0 Å². The molecule has 88 valence electrons. The van der Waals surface area contributed by atoms with E-state index in [0.29, 0.717) is 5.92 Å². The molecule has 0 radical (unpaired) electrons. The van der Waals surface area contributed by atoms with Crippen molar-refractivity contribution >= 4 is 22.4 Å². The monoisotopic (exact) mass is 239 g/mol. The van der Waals surface area contributed by atoms with Gasteiger partial charge in [-0.05, 0) is 43.1 Å². The van der Waals surface area contributed by atoms with Gasteiger partial charge in [0.1, 0.15) is 10.8 Å². The van der Waals surface area contributed by atoms with Crippen molar-refractivity contribution < 1.29 is 5.11 Å². The normalized spacial score (nSPS) is 22.7. The molecule has 2 aliphatic rings. The number of aliphatic hydroxyl groups is 1. The zero-order valence-electron chi connectivity index (χ0n) is 9.22. The summed E-state index contributed by atoms with van der Waals surface area (Å²) in [5, 5.41) is 10.8. The predicted octanol–water partition coefficient (Wildman–Crippen LogP) is 1.56. The first kappa shape index (κ1) is 10.4. The summed E-state index contributed by atoms with van der Waals surface area (Å²) >= 11 is 1.52. The molecule has 0 unspecified atom stereocenters. The largest absolute Gasteiger partial charge is 0.393 e. The Morgan fingerprint density at radius 3 is 2.56 bits per heavy atom. The van der Waals surface area contributed by atoms with Crippen molar-refractivity contribution in [3.05, 3.63) is 5.56 Å². The van der Waals surface area contributed by atoms with E-state index in [0.717, 1.165) is 31.7 Å². The van der Waals surface area contributed by atoms with Gasteiger partial charge in [-0.3, -0.25) is 0 Å². The summed E-state index contributed by atoms with van der Waals surface area (Å²) in [7, 11) is 0. The molecule has 0 bridgehead atoms. The van der Waals surface area contributed by atoms with Crippen LogP contribution in [0.4, 0.5) is 10.8 Å². The number of nitrogens with two attached hydrogens (primary N) is 1. The van der Waals surface area contributed by atoms with E-state index in [-0.39, 0.29) is 6.10 Å². The van der Waals surface area contributed by atoms with Crippen molar-refractivity contribution in [2.75, 3.05) is 23.7 Å². The Bertz CT molecular complexity index is 381. The lowest BCUT2D eigenvalue weighted by Gasteiger charge is -2.30. The Morgan fingerprint density at radius 2 is 1.94 bits per heavy atom. The number of hydrogen-bond acceptors (Lipinski definition) is 5. The van der Waals surface area contributed by atoms with E-state index in [4.69, 9.17) is 5.73 Å². The number of anilines is 2. The van der Waals surface area contributed by atoms with E-state index in [1.807, 2.05) is 0 Å². The van der Waals surface area contributed by atoms with Crippen LogP contribution in [-0.4, -0.2) is 28.7 Å². The van der Waals surface area contributed by atoms with E-state index in [1.165, 1.54) is 34.9 Å². The Morgan fingerprint density at radius 1 is 1.25 bits per heavy atom. The van der Waals surface area contributed by atoms with Gasteiger partial charge in [-0.1, -0.05) is 0 Å². The van der Waals surface area contributed by atoms with Crippen LogP contribution in [0.1, 0.15) is 37.2 Å². The van der Waals surface area contributed by atoms with Gasteiger partial charge in [-0.25, -0.2) is 0 Å². The van der Waals surface area contributed by atoms with Crippen LogP contribution >= 0.6 is 11.5 Å². The molecule has 0 spiro atoms. The Kier molecular flexibility index (Phi) is 2.52. The molecule has 0 amide bonds. The van der Waals surface area contributed by atoms with Crippen LogP contribution in [0.5, 0.6) is 0 Å². The molecule has 0 atom stereocenters. The standard InChI is InChI=1S/C11H17N3OS/c12-10-9(7-1-2-7)11(16-13-10)14-5-3-8(15)4-6-14/h7-8,15H,1-6H2,(H2,12,13). The average Bonchev–Trinajstić information content (AvgIpc) is 3.04. The molecule has 5 heteroatoms. The highest BCUT2D eigenvalue weighted by molar-refractivity contribution is 7.10. The topological polar surface area (TPSA) is 62.4 Å². The molecule has 2 fully saturated rings. The van der Waals surface area contributed by atoms with Gasteiger partial charge < -0.3 is 15.7 Å². The maximum Gasteiger partial charge on any atom is 0.142 e. The SMILES string of the molecule is Nc1nsc(N2CCC(O)CC2)c1C1CC1. The Balaban J connectivity index is 1.83. The zero-order chi connectivity index (χ0) is 11.1. The van der Waals surface area contributed by atoms with Crippen LogP contribution in [0.25, 0.3) is 0 Å². The molecule has 1 aromatic heterocycles. The molecule has 16 heavy (non-hydrogen) atoms. The first-order valence-corrected chi connectivity index (χ1v) is 6.71. The summed E-state index contributed by atoms with van der Waals surface area (Å²) in [5.41, 5.74) is 7.22. The maximum atomic E-state index is 9.51. The second-order valence-electron chi connectivity index (χ2n) is 4.78. The summed E-state index contributed by atoms with van der Waals surface area (Å²) in [5.74, 6) is 1.38. The lowest BCUT2D eigenvalue weighted by atomic mass is 10.1. The second-order valence-corrected chi connectivity index (χ2v) is 5.53. The van der Waals surface area contributed by atoms with Crippen molar-refractivity contribution in [1.82, 2.24) is 4.37 Å².